The molecule has 0 radical (unpaired) electrons. The Morgan fingerprint density at radius 3 is 2.40 bits per heavy atom. The molecule has 0 bridgehead atoms. The van der Waals surface area contributed by atoms with Crippen molar-refractivity contribution in [2.75, 3.05) is 0 Å². The van der Waals surface area contributed by atoms with Crippen molar-refractivity contribution in [1.29, 1.82) is 0 Å². The summed E-state index contributed by atoms with van der Waals surface area (Å²) in [5, 5.41) is 12.5. The Bertz CT molecular complexity index is 369. The summed E-state index contributed by atoms with van der Waals surface area (Å²) in [4.78, 5) is 23.8. The number of carboxylic acids is 1. The minimum Gasteiger partial charge on any atom is -0.481 e. The molecule has 114 valence electrons. The maximum atomic E-state index is 12.5. The number of amides is 1. The SMILES string of the molecule is CCC1C[C@H](C(=O)NC2CCCCC2C)[C@H](C(=O)O)C1. The zero-order chi connectivity index (χ0) is 14.7. The predicted octanol–water partition coefficient (Wildman–Crippen LogP) is 2.82. The Hall–Kier alpha value is -1.06. The van der Waals surface area contributed by atoms with E-state index in [0.29, 0.717) is 18.3 Å². The fourth-order valence-electron chi connectivity index (χ4n) is 3.86. The molecular formula is C16H27NO3. The first kappa shape index (κ1) is 15.3. The van der Waals surface area contributed by atoms with Gasteiger partial charge in [0, 0.05) is 6.04 Å². The van der Waals surface area contributed by atoms with Crippen LogP contribution in [0.4, 0.5) is 0 Å². The summed E-state index contributed by atoms with van der Waals surface area (Å²) in [5.74, 6) is -0.745. The van der Waals surface area contributed by atoms with Crippen LogP contribution in [0.3, 0.4) is 0 Å². The van der Waals surface area contributed by atoms with Gasteiger partial charge in [0.15, 0.2) is 0 Å². The zero-order valence-electron chi connectivity index (χ0n) is 12.6. The van der Waals surface area contributed by atoms with Gasteiger partial charge in [0.05, 0.1) is 11.8 Å². The molecule has 0 aromatic carbocycles. The quantitative estimate of drug-likeness (QED) is 0.832. The molecule has 4 heteroatoms. The summed E-state index contributed by atoms with van der Waals surface area (Å²) in [6, 6.07) is 0.242. The van der Waals surface area contributed by atoms with Gasteiger partial charge in [-0.25, -0.2) is 0 Å². The molecular weight excluding hydrogens is 254 g/mol. The van der Waals surface area contributed by atoms with E-state index in [1.54, 1.807) is 0 Å². The standard InChI is InChI=1S/C16H27NO3/c1-3-11-8-12(13(9-11)16(19)20)15(18)17-14-7-5-4-6-10(14)2/h10-14H,3-9H2,1-2H3,(H,17,18)(H,19,20)/t10?,11?,12-,13+,14?/m0/s1. The smallest absolute Gasteiger partial charge is 0.307 e. The van der Waals surface area contributed by atoms with E-state index in [1.165, 1.54) is 12.8 Å². The number of hydrogen-bond donors (Lipinski definition) is 2. The molecule has 0 aromatic rings. The van der Waals surface area contributed by atoms with Crippen LogP contribution in [-0.2, 0) is 9.59 Å². The fraction of sp³-hybridized carbons (Fsp3) is 0.875. The second kappa shape index (κ2) is 6.59. The molecule has 2 fully saturated rings. The molecule has 2 N–H and O–H groups in total. The van der Waals surface area contributed by atoms with Crippen molar-refractivity contribution in [2.45, 2.75) is 64.8 Å². The van der Waals surface area contributed by atoms with E-state index in [1.807, 2.05) is 0 Å². The molecule has 2 rings (SSSR count). The third-order valence-electron chi connectivity index (χ3n) is 5.33. The van der Waals surface area contributed by atoms with E-state index in [9.17, 15) is 14.7 Å². The molecule has 0 heterocycles. The summed E-state index contributed by atoms with van der Waals surface area (Å²) in [6.45, 7) is 4.26. The lowest BCUT2D eigenvalue weighted by Gasteiger charge is -2.31. The van der Waals surface area contributed by atoms with Gasteiger partial charge in [0.1, 0.15) is 0 Å². The monoisotopic (exact) mass is 281 g/mol. The highest BCUT2D eigenvalue weighted by Crippen LogP contribution is 2.39. The van der Waals surface area contributed by atoms with Gasteiger partial charge in [0.2, 0.25) is 5.91 Å². The molecule has 0 spiro atoms. The third-order valence-corrected chi connectivity index (χ3v) is 5.33. The second-order valence-corrected chi connectivity index (χ2v) is 6.67. The van der Waals surface area contributed by atoms with Crippen LogP contribution in [0.15, 0.2) is 0 Å². The van der Waals surface area contributed by atoms with Crippen LogP contribution in [-0.4, -0.2) is 23.0 Å². The maximum absolute atomic E-state index is 12.5. The number of aliphatic carboxylic acids is 1. The van der Waals surface area contributed by atoms with Gasteiger partial charge in [-0.3, -0.25) is 9.59 Å². The van der Waals surface area contributed by atoms with Gasteiger partial charge in [-0.2, -0.15) is 0 Å². The Morgan fingerprint density at radius 2 is 1.80 bits per heavy atom. The Kier molecular flexibility index (Phi) is 5.06. The minimum absolute atomic E-state index is 0.0212. The first-order valence-corrected chi connectivity index (χ1v) is 8.06. The largest absolute Gasteiger partial charge is 0.481 e. The fourth-order valence-corrected chi connectivity index (χ4v) is 3.86. The molecule has 3 unspecified atom stereocenters. The van der Waals surface area contributed by atoms with E-state index >= 15 is 0 Å². The predicted molar refractivity (Wildman–Crippen MR) is 77.2 cm³/mol. The van der Waals surface area contributed by atoms with E-state index in [2.05, 4.69) is 19.2 Å². The lowest BCUT2D eigenvalue weighted by molar-refractivity contribution is -0.146. The van der Waals surface area contributed by atoms with Crippen LogP contribution in [0.1, 0.15) is 58.8 Å². The molecule has 0 aliphatic heterocycles. The average molecular weight is 281 g/mol. The molecule has 0 saturated heterocycles. The Balaban J connectivity index is 1.98. The summed E-state index contributed by atoms with van der Waals surface area (Å²) >= 11 is 0. The van der Waals surface area contributed by atoms with Gasteiger partial charge < -0.3 is 10.4 Å². The lowest BCUT2D eigenvalue weighted by atomic mass is 9.85. The Morgan fingerprint density at radius 1 is 1.15 bits per heavy atom. The van der Waals surface area contributed by atoms with E-state index < -0.39 is 11.9 Å². The number of carboxylic acid groups (broad SMARTS) is 1. The minimum atomic E-state index is -0.808. The molecule has 5 atom stereocenters. The number of rotatable bonds is 4. The van der Waals surface area contributed by atoms with Crippen molar-refractivity contribution in [2.24, 2.45) is 23.7 Å². The van der Waals surface area contributed by atoms with Crippen molar-refractivity contribution in [3.8, 4) is 0 Å². The maximum Gasteiger partial charge on any atom is 0.307 e. The van der Waals surface area contributed by atoms with Crippen molar-refractivity contribution in [3.63, 3.8) is 0 Å². The summed E-state index contributed by atoms with van der Waals surface area (Å²) in [5.41, 5.74) is 0. The third kappa shape index (κ3) is 3.33. The van der Waals surface area contributed by atoms with Crippen molar-refractivity contribution >= 4 is 11.9 Å². The van der Waals surface area contributed by atoms with E-state index in [4.69, 9.17) is 0 Å². The van der Waals surface area contributed by atoms with Crippen LogP contribution >= 0.6 is 0 Å². The van der Waals surface area contributed by atoms with Gasteiger partial charge in [-0.05, 0) is 37.5 Å². The van der Waals surface area contributed by atoms with Gasteiger partial charge in [0.25, 0.3) is 0 Å². The van der Waals surface area contributed by atoms with Crippen LogP contribution in [0, 0.1) is 23.7 Å². The van der Waals surface area contributed by atoms with Gasteiger partial charge in [-0.1, -0.05) is 33.1 Å². The number of carbonyl (C=O) groups excluding carboxylic acids is 1. The van der Waals surface area contributed by atoms with Crippen molar-refractivity contribution < 1.29 is 14.7 Å². The normalized spacial score (nSPS) is 37.6. The molecule has 2 aliphatic carbocycles. The highest BCUT2D eigenvalue weighted by Gasteiger charge is 2.42. The first-order valence-electron chi connectivity index (χ1n) is 8.06. The number of hydrogen-bond acceptors (Lipinski definition) is 2. The Labute approximate surface area is 121 Å². The summed E-state index contributed by atoms with van der Waals surface area (Å²) < 4.78 is 0. The molecule has 4 nitrogen and oxygen atoms in total. The highest BCUT2D eigenvalue weighted by molar-refractivity contribution is 5.85. The topological polar surface area (TPSA) is 66.4 Å². The van der Waals surface area contributed by atoms with Crippen molar-refractivity contribution in [1.82, 2.24) is 5.32 Å². The highest BCUT2D eigenvalue weighted by atomic mass is 16.4. The zero-order valence-corrected chi connectivity index (χ0v) is 12.6. The summed E-state index contributed by atoms with van der Waals surface area (Å²) in [6.07, 6.45) is 6.97. The van der Waals surface area contributed by atoms with Crippen LogP contribution in [0.2, 0.25) is 0 Å². The van der Waals surface area contributed by atoms with E-state index in [0.717, 1.165) is 25.7 Å². The number of carbonyl (C=O) groups is 2. The van der Waals surface area contributed by atoms with Gasteiger partial charge >= 0.3 is 5.97 Å². The average Bonchev–Trinajstić information content (AvgIpc) is 2.86. The first-order chi connectivity index (χ1) is 9.52. The number of nitrogens with one attached hydrogen (secondary N) is 1. The van der Waals surface area contributed by atoms with Crippen LogP contribution < -0.4 is 5.32 Å². The molecule has 1 amide bonds. The van der Waals surface area contributed by atoms with E-state index in [-0.39, 0.29) is 17.9 Å². The van der Waals surface area contributed by atoms with Gasteiger partial charge in [-0.15, -0.1) is 0 Å². The molecule has 2 saturated carbocycles. The molecule has 0 aromatic heterocycles. The van der Waals surface area contributed by atoms with Crippen LogP contribution in [0.25, 0.3) is 0 Å². The molecule has 2 aliphatic rings. The van der Waals surface area contributed by atoms with Crippen LogP contribution in [0.5, 0.6) is 0 Å². The van der Waals surface area contributed by atoms with Crippen molar-refractivity contribution in [3.05, 3.63) is 0 Å². The molecule has 20 heavy (non-hydrogen) atoms. The lowest BCUT2D eigenvalue weighted by Crippen LogP contribution is -2.45. The summed E-state index contributed by atoms with van der Waals surface area (Å²) in [7, 11) is 0. The second-order valence-electron chi connectivity index (χ2n) is 6.67.